The van der Waals surface area contributed by atoms with E-state index in [9.17, 15) is 9.90 Å². The average Bonchev–Trinajstić information content (AvgIpc) is 2.67. The molecule has 3 nitrogen and oxygen atoms in total. The van der Waals surface area contributed by atoms with Crippen LogP contribution in [0.25, 0.3) is 0 Å². The van der Waals surface area contributed by atoms with E-state index in [0.717, 1.165) is 11.3 Å². The Kier molecular flexibility index (Phi) is 5.60. The molecule has 110 valence electrons. The number of aliphatic hydroxyl groups is 1. The van der Waals surface area contributed by atoms with Crippen LogP contribution in [-0.4, -0.2) is 11.0 Å². The predicted molar refractivity (Wildman–Crippen MR) is 81.5 cm³/mol. The third-order valence-corrected chi connectivity index (χ3v) is 4.13. The molecule has 0 saturated heterocycles. The Bertz CT molecular complexity index is 434. The molecule has 0 aromatic heterocycles. The molecule has 0 spiro atoms. The van der Waals surface area contributed by atoms with Crippen LogP contribution < -0.4 is 5.32 Å². The lowest BCUT2D eigenvalue weighted by molar-refractivity contribution is -0.117. The molecule has 3 heteroatoms. The Hall–Kier alpha value is -1.35. The lowest BCUT2D eigenvalue weighted by Gasteiger charge is -2.16. The van der Waals surface area contributed by atoms with E-state index in [-0.39, 0.29) is 5.91 Å². The molecule has 1 aromatic carbocycles. The molecule has 2 rings (SSSR count). The number of hydrogen-bond acceptors (Lipinski definition) is 2. The number of para-hydroxylation sites is 1. The van der Waals surface area contributed by atoms with Crippen LogP contribution in [0.4, 0.5) is 5.69 Å². The molecular weight excluding hydrogens is 250 g/mol. The topological polar surface area (TPSA) is 49.3 Å². The summed E-state index contributed by atoms with van der Waals surface area (Å²) in [5.74, 6) is 0.598. The summed E-state index contributed by atoms with van der Waals surface area (Å²) in [6.07, 6.45) is 7.51. The molecule has 0 radical (unpaired) electrons. The van der Waals surface area contributed by atoms with Crippen molar-refractivity contribution < 1.29 is 9.90 Å². The van der Waals surface area contributed by atoms with Crippen LogP contribution in [0.5, 0.6) is 0 Å². The molecule has 0 aliphatic heterocycles. The van der Waals surface area contributed by atoms with E-state index in [0.29, 0.717) is 12.3 Å². The van der Waals surface area contributed by atoms with E-state index in [2.05, 4.69) is 5.32 Å². The maximum atomic E-state index is 12.2. The van der Waals surface area contributed by atoms with Crippen LogP contribution in [-0.2, 0) is 4.79 Å². The van der Waals surface area contributed by atoms with Gasteiger partial charge in [0.25, 0.3) is 0 Å². The van der Waals surface area contributed by atoms with Crippen LogP contribution in [0, 0.1) is 5.92 Å². The van der Waals surface area contributed by atoms with Crippen LogP contribution in [0.1, 0.15) is 63.5 Å². The summed E-state index contributed by atoms with van der Waals surface area (Å²) in [6, 6.07) is 7.47. The van der Waals surface area contributed by atoms with E-state index in [1.165, 1.54) is 38.5 Å². The van der Waals surface area contributed by atoms with Crippen molar-refractivity contribution in [3.8, 4) is 0 Å². The fraction of sp³-hybridized carbons (Fsp3) is 0.588. The molecule has 1 fully saturated rings. The number of nitrogens with one attached hydrogen (secondary N) is 1. The maximum absolute atomic E-state index is 12.2. The van der Waals surface area contributed by atoms with Crippen LogP contribution >= 0.6 is 0 Å². The zero-order chi connectivity index (χ0) is 14.4. The first-order valence-electron chi connectivity index (χ1n) is 7.73. The predicted octanol–water partition coefficient (Wildman–Crippen LogP) is 4.04. The summed E-state index contributed by atoms with van der Waals surface area (Å²) < 4.78 is 0. The molecule has 1 amide bonds. The van der Waals surface area contributed by atoms with Gasteiger partial charge < -0.3 is 10.4 Å². The van der Waals surface area contributed by atoms with Gasteiger partial charge in [-0.25, -0.2) is 0 Å². The molecule has 1 atom stereocenters. The molecule has 2 N–H and O–H groups in total. The minimum atomic E-state index is -0.565. The maximum Gasteiger partial charge on any atom is 0.224 e. The summed E-state index contributed by atoms with van der Waals surface area (Å²) in [7, 11) is 0. The Morgan fingerprint density at radius 3 is 2.55 bits per heavy atom. The van der Waals surface area contributed by atoms with E-state index in [1.54, 1.807) is 6.92 Å². The van der Waals surface area contributed by atoms with Gasteiger partial charge in [0.15, 0.2) is 0 Å². The summed E-state index contributed by atoms with van der Waals surface area (Å²) >= 11 is 0. The summed E-state index contributed by atoms with van der Waals surface area (Å²) in [6.45, 7) is 1.72. The number of benzene rings is 1. The Balaban J connectivity index is 1.94. The third kappa shape index (κ3) is 4.34. The Morgan fingerprint density at radius 1 is 1.25 bits per heavy atom. The van der Waals surface area contributed by atoms with Crippen molar-refractivity contribution in [2.45, 2.75) is 58.0 Å². The highest BCUT2D eigenvalue weighted by atomic mass is 16.3. The van der Waals surface area contributed by atoms with E-state index >= 15 is 0 Å². The minimum absolute atomic E-state index is 0.0741. The number of rotatable bonds is 4. The first-order valence-corrected chi connectivity index (χ1v) is 7.73. The number of anilines is 1. The smallest absolute Gasteiger partial charge is 0.224 e. The number of hydrogen-bond donors (Lipinski definition) is 2. The minimum Gasteiger partial charge on any atom is -0.389 e. The molecule has 1 aliphatic rings. The quantitative estimate of drug-likeness (QED) is 0.815. The SMILES string of the molecule is CC(O)c1ccccc1NC(=O)CC1CCCCCC1. The zero-order valence-electron chi connectivity index (χ0n) is 12.3. The Labute approximate surface area is 121 Å². The molecule has 0 bridgehead atoms. The second kappa shape index (κ2) is 7.44. The molecule has 1 aliphatic carbocycles. The number of aliphatic hydroxyl groups excluding tert-OH is 1. The highest BCUT2D eigenvalue weighted by molar-refractivity contribution is 5.91. The van der Waals surface area contributed by atoms with Gasteiger partial charge in [0.1, 0.15) is 0 Å². The molecule has 1 saturated carbocycles. The largest absolute Gasteiger partial charge is 0.389 e. The number of carbonyl (C=O) groups excluding carboxylic acids is 1. The highest BCUT2D eigenvalue weighted by Gasteiger charge is 2.17. The van der Waals surface area contributed by atoms with Gasteiger partial charge >= 0.3 is 0 Å². The van der Waals surface area contributed by atoms with E-state index in [4.69, 9.17) is 0 Å². The highest BCUT2D eigenvalue weighted by Crippen LogP contribution is 2.27. The molecule has 1 unspecified atom stereocenters. The standard InChI is InChI=1S/C17H25NO2/c1-13(19)15-10-6-7-11-16(15)18-17(20)12-14-8-4-2-3-5-9-14/h6-7,10-11,13-14,19H,2-5,8-9,12H2,1H3,(H,18,20). The Morgan fingerprint density at radius 2 is 1.90 bits per heavy atom. The molecule has 20 heavy (non-hydrogen) atoms. The fourth-order valence-electron chi connectivity index (χ4n) is 3.01. The zero-order valence-corrected chi connectivity index (χ0v) is 12.3. The van der Waals surface area contributed by atoms with Gasteiger partial charge in [0.2, 0.25) is 5.91 Å². The van der Waals surface area contributed by atoms with Gasteiger partial charge in [-0.2, -0.15) is 0 Å². The number of amides is 1. The van der Waals surface area contributed by atoms with Crippen molar-refractivity contribution in [1.29, 1.82) is 0 Å². The summed E-state index contributed by atoms with van der Waals surface area (Å²) in [4.78, 5) is 12.2. The first kappa shape index (κ1) is 15.0. The lowest BCUT2D eigenvalue weighted by Crippen LogP contribution is -2.17. The second-order valence-corrected chi connectivity index (χ2v) is 5.87. The van der Waals surface area contributed by atoms with Crippen molar-refractivity contribution in [3.63, 3.8) is 0 Å². The average molecular weight is 275 g/mol. The van der Waals surface area contributed by atoms with Crippen molar-refractivity contribution in [2.75, 3.05) is 5.32 Å². The molecular formula is C17H25NO2. The monoisotopic (exact) mass is 275 g/mol. The van der Waals surface area contributed by atoms with Crippen LogP contribution in [0.15, 0.2) is 24.3 Å². The van der Waals surface area contributed by atoms with Crippen LogP contribution in [0.3, 0.4) is 0 Å². The lowest BCUT2D eigenvalue weighted by atomic mass is 9.96. The van der Waals surface area contributed by atoms with Gasteiger partial charge in [-0.1, -0.05) is 43.9 Å². The summed E-state index contributed by atoms with van der Waals surface area (Å²) in [5.41, 5.74) is 1.52. The van der Waals surface area contributed by atoms with Gasteiger partial charge in [0, 0.05) is 17.7 Å². The fourth-order valence-corrected chi connectivity index (χ4v) is 3.01. The van der Waals surface area contributed by atoms with Crippen LogP contribution in [0.2, 0.25) is 0 Å². The second-order valence-electron chi connectivity index (χ2n) is 5.87. The van der Waals surface area contributed by atoms with Gasteiger partial charge in [-0.3, -0.25) is 4.79 Å². The third-order valence-electron chi connectivity index (χ3n) is 4.13. The van der Waals surface area contributed by atoms with Gasteiger partial charge in [-0.05, 0) is 31.7 Å². The normalized spacial score (nSPS) is 18.3. The first-order chi connectivity index (χ1) is 9.66. The van der Waals surface area contributed by atoms with Gasteiger partial charge in [0.05, 0.1) is 6.10 Å². The van der Waals surface area contributed by atoms with Crippen molar-refractivity contribution in [3.05, 3.63) is 29.8 Å². The van der Waals surface area contributed by atoms with Crippen molar-refractivity contribution in [1.82, 2.24) is 0 Å². The molecule has 0 heterocycles. The van der Waals surface area contributed by atoms with E-state index < -0.39 is 6.10 Å². The number of carbonyl (C=O) groups is 1. The van der Waals surface area contributed by atoms with Crippen molar-refractivity contribution in [2.24, 2.45) is 5.92 Å². The summed E-state index contributed by atoms with van der Waals surface area (Å²) in [5, 5.41) is 12.7. The van der Waals surface area contributed by atoms with Crippen molar-refractivity contribution >= 4 is 11.6 Å². The van der Waals surface area contributed by atoms with Gasteiger partial charge in [-0.15, -0.1) is 0 Å². The molecule has 1 aromatic rings. The van der Waals surface area contributed by atoms with E-state index in [1.807, 2.05) is 24.3 Å².